The van der Waals surface area contributed by atoms with Crippen LogP contribution in [0.1, 0.15) is 30.4 Å². The molecule has 1 aromatic carbocycles. The van der Waals surface area contributed by atoms with Gasteiger partial charge in [0.05, 0.1) is 0 Å². The third-order valence-corrected chi connectivity index (χ3v) is 5.09. The Bertz CT molecular complexity index is 558. The highest BCUT2D eigenvalue weighted by atomic mass is 16.2. The number of hydrogen-bond donors (Lipinski definition) is 0. The number of fused-ring (bicyclic) bond motifs is 2. The summed E-state index contributed by atoms with van der Waals surface area (Å²) in [6.07, 6.45) is 9.15. The molecule has 2 heteroatoms. The van der Waals surface area contributed by atoms with Crippen molar-refractivity contribution in [3.63, 3.8) is 0 Å². The van der Waals surface area contributed by atoms with Gasteiger partial charge < -0.3 is 4.90 Å². The van der Waals surface area contributed by atoms with Gasteiger partial charge in [-0.1, -0.05) is 36.4 Å². The predicted molar refractivity (Wildman–Crippen MR) is 80.1 cm³/mol. The highest BCUT2D eigenvalue weighted by Crippen LogP contribution is 2.36. The number of amides is 1. The molecule has 1 aliphatic heterocycles. The van der Waals surface area contributed by atoms with E-state index in [2.05, 4.69) is 41.3 Å². The van der Waals surface area contributed by atoms with E-state index in [0.29, 0.717) is 23.7 Å². The lowest BCUT2D eigenvalue weighted by Crippen LogP contribution is -2.44. The molecule has 0 spiro atoms. The first-order valence-corrected chi connectivity index (χ1v) is 7.86. The topological polar surface area (TPSA) is 20.3 Å². The molecule has 0 radical (unpaired) electrons. The smallest absolute Gasteiger partial charge is 0.225 e. The molecule has 2 nitrogen and oxygen atoms in total. The molecule has 2 aliphatic carbocycles. The van der Waals surface area contributed by atoms with Crippen molar-refractivity contribution >= 4 is 12.0 Å². The zero-order chi connectivity index (χ0) is 13.5. The van der Waals surface area contributed by atoms with Gasteiger partial charge in [0, 0.05) is 19.0 Å². The van der Waals surface area contributed by atoms with E-state index in [1.807, 2.05) is 0 Å². The molecule has 0 bridgehead atoms. The summed E-state index contributed by atoms with van der Waals surface area (Å²) in [5.41, 5.74) is 2.80. The Morgan fingerprint density at radius 3 is 2.85 bits per heavy atom. The van der Waals surface area contributed by atoms with Gasteiger partial charge in [-0.25, -0.2) is 0 Å². The van der Waals surface area contributed by atoms with E-state index < -0.39 is 0 Å². The third-order valence-electron chi connectivity index (χ3n) is 5.09. The molecule has 2 atom stereocenters. The second-order valence-electron chi connectivity index (χ2n) is 6.53. The number of carbonyl (C=O) groups excluding carboxylic acids is 1. The summed E-state index contributed by atoms with van der Waals surface area (Å²) in [5, 5.41) is 0. The number of carbonyl (C=O) groups is 1. The van der Waals surface area contributed by atoms with Crippen LogP contribution in [-0.4, -0.2) is 23.9 Å². The number of rotatable bonds is 1. The van der Waals surface area contributed by atoms with E-state index in [9.17, 15) is 4.79 Å². The summed E-state index contributed by atoms with van der Waals surface area (Å²) in [5.74, 6) is 2.03. The Labute approximate surface area is 120 Å². The van der Waals surface area contributed by atoms with Gasteiger partial charge in [0.2, 0.25) is 5.91 Å². The van der Waals surface area contributed by atoms with Crippen molar-refractivity contribution in [1.29, 1.82) is 0 Å². The van der Waals surface area contributed by atoms with Gasteiger partial charge in [-0.2, -0.15) is 0 Å². The van der Waals surface area contributed by atoms with E-state index in [4.69, 9.17) is 0 Å². The number of likely N-dealkylation sites (tertiary alicyclic amines) is 1. The second kappa shape index (κ2) is 4.76. The third kappa shape index (κ3) is 2.17. The Morgan fingerprint density at radius 1 is 1.15 bits per heavy atom. The monoisotopic (exact) mass is 267 g/mol. The Balaban J connectivity index is 1.55. The Kier molecular flexibility index (Phi) is 2.90. The molecule has 1 aromatic rings. The summed E-state index contributed by atoms with van der Waals surface area (Å²) in [6, 6.07) is 8.68. The molecule has 0 N–H and O–H groups in total. The van der Waals surface area contributed by atoms with Gasteiger partial charge in [-0.3, -0.25) is 4.79 Å². The fourth-order valence-electron chi connectivity index (χ4n) is 3.70. The molecule has 2 fully saturated rings. The van der Waals surface area contributed by atoms with Crippen molar-refractivity contribution in [1.82, 2.24) is 4.90 Å². The first-order valence-electron chi connectivity index (χ1n) is 7.86. The zero-order valence-corrected chi connectivity index (χ0v) is 11.8. The van der Waals surface area contributed by atoms with Gasteiger partial charge in [0.1, 0.15) is 0 Å². The van der Waals surface area contributed by atoms with Crippen LogP contribution in [0.25, 0.3) is 6.08 Å². The molecule has 4 rings (SSSR count). The van der Waals surface area contributed by atoms with Crippen molar-refractivity contribution in [2.45, 2.75) is 25.7 Å². The molecule has 0 unspecified atom stereocenters. The summed E-state index contributed by atoms with van der Waals surface area (Å²) in [6.45, 7) is 1.91. The largest absolute Gasteiger partial charge is 0.342 e. The first kappa shape index (κ1) is 12.2. The van der Waals surface area contributed by atoms with Gasteiger partial charge in [0.25, 0.3) is 0 Å². The van der Waals surface area contributed by atoms with Gasteiger partial charge >= 0.3 is 0 Å². The van der Waals surface area contributed by atoms with Crippen LogP contribution in [0.15, 0.2) is 30.3 Å². The summed E-state index contributed by atoms with van der Waals surface area (Å²) in [7, 11) is 0. The van der Waals surface area contributed by atoms with E-state index in [1.165, 1.54) is 11.1 Å². The van der Waals surface area contributed by atoms with Crippen molar-refractivity contribution in [3.05, 3.63) is 41.5 Å². The second-order valence-corrected chi connectivity index (χ2v) is 6.53. The van der Waals surface area contributed by atoms with Crippen LogP contribution in [0.4, 0.5) is 0 Å². The maximum Gasteiger partial charge on any atom is 0.225 e. The first-order chi connectivity index (χ1) is 9.81. The molecule has 104 valence electrons. The Hall–Kier alpha value is -1.57. The molecule has 1 saturated heterocycles. The minimum Gasteiger partial charge on any atom is -0.342 e. The highest BCUT2D eigenvalue weighted by Gasteiger charge is 2.37. The standard InChI is InChI=1S/C18H21NO/c20-18(15-7-8-15)19-10-9-14-6-5-13-3-1-2-4-16(13)11-17(14)12-19/h1-6,14-15,17H,7-12H2/t14-,17-/m0/s1. The highest BCUT2D eigenvalue weighted by molar-refractivity contribution is 5.81. The average molecular weight is 267 g/mol. The maximum absolute atomic E-state index is 12.3. The minimum absolute atomic E-state index is 0.361. The van der Waals surface area contributed by atoms with Crippen molar-refractivity contribution < 1.29 is 4.79 Å². The molecule has 1 amide bonds. The average Bonchev–Trinajstić information content (AvgIpc) is 3.31. The van der Waals surface area contributed by atoms with Crippen molar-refractivity contribution in [2.75, 3.05) is 13.1 Å². The Morgan fingerprint density at radius 2 is 2.00 bits per heavy atom. The molecular formula is C18H21NO. The van der Waals surface area contributed by atoms with Crippen LogP contribution < -0.4 is 0 Å². The lowest BCUT2D eigenvalue weighted by atomic mass is 9.82. The van der Waals surface area contributed by atoms with Crippen LogP contribution in [0.2, 0.25) is 0 Å². The predicted octanol–water partition coefficient (Wildman–Crippen LogP) is 3.13. The molecule has 3 aliphatic rings. The zero-order valence-electron chi connectivity index (χ0n) is 11.8. The maximum atomic E-state index is 12.3. The van der Waals surface area contributed by atoms with E-state index in [1.54, 1.807) is 0 Å². The fourth-order valence-corrected chi connectivity index (χ4v) is 3.70. The van der Waals surface area contributed by atoms with Crippen molar-refractivity contribution in [3.8, 4) is 0 Å². The number of benzene rings is 1. The van der Waals surface area contributed by atoms with Crippen LogP contribution >= 0.6 is 0 Å². The number of hydrogen-bond acceptors (Lipinski definition) is 1. The van der Waals surface area contributed by atoms with Crippen LogP contribution in [0, 0.1) is 17.8 Å². The van der Waals surface area contributed by atoms with Crippen LogP contribution in [-0.2, 0) is 11.2 Å². The van der Waals surface area contributed by atoms with Crippen LogP contribution in [0.3, 0.4) is 0 Å². The number of allylic oxidation sites excluding steroid dienone is 1. The lowest BCUT2D eigenvalue weighted by Gasteiger charge is -2.37. The normalized spacial score (nSPS) is 28.5. The molecule has 1 heterocycles. The summed E-state index contributed by atoms with van der Waals surface area (Å²) < 4.78 is 0. The molecular weight excluding hydrogens is 246 g/mol. The SMILES string of the molecule is O=C(C1CC1)N1CC[C@@H]2C=Cc3ccccc3C[C@H]2C1. The van der Waals surface area contributed by atoms with E-state index in [0.717, 1.165) is 38.8 Å². The lowest BCUT2D eigenvalue weighted by molar-refractivity contribution is -0.134. The quantitative estimate of drug-likeness (QED) is 0.765. The number of nitrogens with zero attached hydrogens (tertiary/aromatic N) is 1. The summed E-state index contributed by atoms with van der Waals surface area (Å²) in [4.78, 5) is 14.4. The van der Waals surface area contributed by atoms with Crippen molar-refractivity contribution in [2.24, 2.45) is 17.8 Å². The minimum atomic E-state index is 0.361. The molecule has 0 aromatic heterocycles. The van der Waals surface area contributed by atoms with E-state index >= 15 is 0 Å². The number of piperidine rings is 1. The molecule has 1 saturated carbocycles. The van der Waals surface area contributed by atoms with Gasteiger partial charge in [-0.05, 0) is 48.6 Å². The van der Waals surface area contributed by atoms with Gasteiger partial charge in [0.15, 0.2) is 0 Å². The molecule has 20 heavy (non-hydrogen) atoms. The van der Waals surface area contributed by atoms with Crippen LogP contribution in [0.5, 0.6) is 0 Å². The van der Waals surface area contributed by atoms with E-state index in [-0.39, 0.29) is 0 Å². The fraction of sp³-hybridized carbons (Fsp3) is 0.500. The summed E-state index contributed by atoms with van der Waals surface area (Å²) >= 11 is 0. The van der Waals surface area contributed by atoms with Gasteiger partial charge in [-0.15, -0.1) is 0 Å².